The summed E-state index contributed by atoms with van der Waals surface area (Å²) in [7, 11) is 0. The molecule has 1 rings (SSSR count). The normalized spacial score (nSPS) is 14.0. The van der Waals surface area contributed by atoms with Crippen LogP contribution in [0.4, 0.5) is 0 Å². The zero-order chi connectivity index (χ0) is 15.8. The molecule has 0 aromatic heterocycles. The molecule has 0 heterocycles. The molecule has 0 saturated carbocycles. The largest absolute Gasteiger partial charge is 0.354 e. The Labute approximate surface area is 129 Å². The van der Waals surface area contributed by atoms with Crippen molar-refractivity contribution in [1.29, 1.82) is 0 Å². The molecule has 1 aromatic rings. The molecule has 3 heteroatoms. The highest BCUT2D eigenvalue weighted by molar-refractivity contribution is 5.81. The second kappa shape index (κ2) is 8.83. The van der Waals surface area contributed by atoms with E-state index in [1.165, 1.54) is 17.5 Å². The molecule has 3 nitrogen and oxygen atoms in total. The predicted molar refractivity (Wildman–Crippen MR) is 89.3 cm³/mol. The Morgan fingerprint density at radius 2 is 1.71 bits per heavy atom. The van der Waals surface area contributed by atoms with Gasteiger partial charge in [-0.25, -0.2) is 0 Å². The third kappa shape index (κ3) is 6.30. The number of carbonyl (C=O) groups excluding carboxylic acids is 1. The van der Waals surface area contributed by atoms with E-state index in [0.29, 0.717) is 5.92 Å². The van der Waals surface area contributed by atoms with E-state index in [9.17, 15) is 4.79 Å². The molecule has 1 aromatic carbocycles. The lowest BCUT2D eigenvalue weighted by atomic mass is 10.0. The Hall–Kier alpha value is -1.35. The van der Waals surface area contributed by atoms with Crippen molar-refractivity contribution in [3.63, 3.8) is 0 Å². The van der Waals surface area contributed by atoms with Crippen LogP contribution in [0.5, 0.6) is 0 Å². The van der Waals surface area contributed by atoms with Crippen LogP contribution in [0.15, 0.2) is 24.3 Å². The summed E-state index contributed by atoms with van der Waals surface area (Å²) in [6, 6.07) is 8.65. The average molecular weight is 290 g/mol. The molecule has 0 aliphatic rings. The van der Waals surface area contributed by atoms with Crippen LogP contribution in [0.3, 0.4) is 0 Å². The van der Waals surface area contributed by atoms with E-state index in [1.54, 1.807) is 0 Å². The molecule has 0 saturated heterocycles. The van der Waals surface area contributed by atoms with E-state index in [4.69, 9.17) is 0 Å². The highest BCUT2D eigenvalue weighted by Crippen LogP contribution is 2.15. The summed E-state index contributed by atoms with van der Waals surface area (Å²) in [6.07, 6.45) is 2.29. The van der Waals surface area contributed by atoms with Gasteiger partial charge in [0.15, 0.2) is 0 Å². The van der Waals surface area contributed by atoms with E-state index in [2.05, 4.69) is 62.6 Å². The fourth-order valence-corrected chi connectivity index (χ4v) is 2.27. The first kappa shape index (κ1) is 17.7. The van der Waals surface area contributed by atoms with Crippen LogP contribution in [0.2, 0.25) is 0 Å². The number of carbonyl (C=O) groups is 1. The number of amides is 1. The zero-order valence-electron chi connectivity index (χ0n) is 14.1. The number of benzene rings is 1. The lowest BCUT2D eigenvalue weighted by Crippen LogP contribution is -2.44. The van der Waals surface area contributed by atoms with Crippen molar-refractivity contribution in [3.05, 3.63) is 35.4 Å². The maximum absolute atomic E-state index is 12.0. The third-order valence-corrected chi connectivity index (χ3v) is 3.60. The standard InChI is InChI=1S/C18H30N2O/c1-6-7-16-8-10-17(11-9-16)14(4)20-15(5)18(21)19-12-13(2)3/h8-11,13-15,20H,6-7,12H2,1-5H3,(H,19,21). The Bertz CT molecular complexity index is 425. The van der Waals surface area contributed by atoms with Crippen LogP contribution in [0, 0.1) is 5.92 Å². The first-order chi connectivity index (χ1) is 9.93. The van der Waals surface area contributed by atoms with Gasteiger partial charge in [-0.3, -0.25) is 10.1 Å². The van der Waals surface area contributed by atoms with Gasteiger partial charge in [0.05, 0.1) is 6.04 Å². The summed E-state index contributed by atoms with van der Waals surface area (Å²) in [5.41, 5.74) is 2.59. The fraction of sp³-hybridized carbons (Fsp3) is 0.611. The second-order valence-electron chi connectivity index (χ2n) is 6.24. The van der Waals surface area contributed by atoms with Gasteiger partial charge in [-0.05, 0) is 37.3 Å². The predicted octanol–water partition coefficient (Wildman–Crippen LogP) is 3.45. The SMILES string of the molecule is CCCc1ccc(C(C)NC(C)C(=O)NCC(C)C)cc1. The van der Waals surface area contributed by atoms with Gasteiger partial charge >= 0.3 is 0 Å². The summed E-state index contributed by atoms with van der Waals surface area (Å²) >= 11 is 0. The lowest BCUT2D eigenvalue weighted by Gasteiger charge is -2.20. The molecule has 2 atom stereocenters. The Morgan fingerprint density at radius 3 is 2.24 bits per heavy atom. The van der Waals surface area contributed by atoms with Crippen LogP contribution in [0.25, 0.3) is 0 Å². The molecule has 2 unspecified atom stereocenters. The van der Waals surface area contributed by atoms with Gasteiger partial charge in [0.25, 0.3) is 0 Å². The van der Waals surface area contributed by atoms with Crippen LogP contribution in [-0.2, 0) is 11.2 Å². The number of rotatable bonds is 8. The molecular weight excluding hydrogens is 260 g/mol. The topological polar surface area (TPSA) is 41.1 Å². The van der Waals surface area contributed by atoms with Crippen molar-refractivity contribution < 1.29 is 4.79 Å². The fourth-order valence-electron chi connectivity index (χ4n) is 2.27. The quantitative estimate of drug-likeness (QED) is 0.770. The molecule has 2 N–H and O–H groups in total. The van der Waals surface area contributed by atoms with Crippen LogP contribution < -0.4 is 10.6 Å². The second-order valence-corrected chi connectivity index (χ2v) is 6.24. The first-order valence-corrected chi connectivity index (χ1v) is 8.06. The minimum Gasteiger partial charge on any atom is -0.354 e. The highest BCUT2D eigenvalue weighted by Gasteiger charge is 2.16. The smallest absolute Gasteiger partial charge is 0.236 e. The monoisotopic (exact) mass is 290 g/mol. The zero-order valence-corrected chi connectivity index (χ0v) is 14.1. The van der Waals surface area contributed by atoms with Crippen LogP contribution >= 0.6 is 0 Å². The molecule has 1 amide bonds. The summed E-state index contributed by atoms with van der Waals surface area (Å²) in [6.45, 7) is 11.1. The number of nitrogens with one attached hydrogen (secondary N) is 2. The minimum absolute atomic E-state index is 0.0677. The maximum atomic E-state index is 12.0. The molecule has 0 spiro atoms. The number of aryl methyl sites for hydroxylation is 1. The average Bonchev–Trinajstić information content (AvgIpc) is 2.45. The molecule has 0 bridgehead atoms. The molecule has 0 fully saturated rings. The van der Waals surface area contributed by atoms with Crippen LogP contribution in [-0.4, -0.2) is 18.5 Å². The van der Waals surface area contributed by atoms with Gasteiger partial charge < -0.3 is 5.32 Å². The van der Waals surface area contributed by atoms with Gasteiger partial charge in [0, 0.05) is 12.6 Å². The molecule has 118 valence electrons. The lowest BCUT2D eigenvalue weighted by molar-refractivity contribution is -0.123. The van der Waals surface area contributed by atoms with Crippen molar-refractivity contribution in [2.45, 2.75) is 59.5 Å². The minimum atomic E-state index is -0.186. The molecule has 21 heavy (non-hydrogen) atoms. The number of hydrogen-bond acceptors (Lipinski definition) is 2. The van der Waals surface area contributed by atoms with Gasteiger partial charge in [-0.1, -0.05) is 51.5 Å². The van der Waals surface area contributed by atoms with Crippen molar-refractivity contribution >= 4 is 5.91 Å². The molecule has 0 aliphatic heterocycles. The van der Waals surface area contributed by atoms with E-state index < -0.39 is 0 Å². The van der Waals surface area contributed by atoms with Crippen LogP contribution in [0.1, 0.15) is 58.2 Å². The molecular formula is C18H30N2O. The third-order valence-electron chi connectivity index (χ3n) is 3.60. The summed E-state index contributed by atoms with van der Waals surface area (Å²) in [5, 5.41) is 6.32. The van der Waals surface area contributed by atoms with Gasteiger partial charge in [0.1, 0.15) is 0 Å². The Kier molecular flexibility index (Phi) is 7.44. The summed E-state index contributed by atoms with van der Waals surface area (Å²) in [4.78, 5) is 12.0. The molecule has 0 aliphatic carbocycles. The summed E-state index contributed by atoms with van der Waals surface area (Å²) < 4.78 is 0. The van der Waals surface area contributed by atoms with Gasteiger partial charge in [0.2, 0.25) is 5.91 Å². The van der Waals surface area contributed by atoms with E-state index >= 15 is 0 Å². The van der Waals surface area contributed by atoms with E-state index in [0.717, 1.165) is 13.0 Å². The first-order valence-electron chi connectivity index (χ1n) is 8.06. The van der Waals surface area contributed by atoms with E-state index in [-0.39, 0.29) is 18.0 Å². The van der Waals surface area contributed by atoms with Crippen molar-refractivity contribution in [1.82, 2.24) is 10.6 Å². The van der Waals surface area contributed by atoms with Crippen molar-refractivity contribution in [2.24, 2.45) is 5.92 Å². The van der Waals surface area contributed by atoms with E-state index in [1.807, 2.05) is 6.92 Å². The van der Waals surface area contributed by atoms with Gasteiger partial charge in [-0.2, -0.15) is 0 Å². The number of hydrogen-bond donors (Lipinski definition) is 2. The maximum Gasteiger partial charge on any atom is 0.236 e. The summed E-state index contributed by atoms with van der Waals surface area (Å²) in [5.74, 6) is 0.544. The Balaban J connectivity index is 2.51. The van der Waals surface area contributed by atoms with Crippen molar-refractivity contribution in [3.8, 4) is 0 Å². The Morgan fingerprint density at radius 1 is 1.10 bits per heavy atom. The highest BCUT2D eigenvalue weighted by atomic mass is 16.2. The van der Waals surface area contributed by atoms with Gasteiger partial charge in [-0.15, -0.1) is 0 Å². The van der Waals surface area contributed by atoms with Crippen molar-refractivity contribution in [2.75, 3.05) is 6.54 Å². The molecule has 0 radical (unpaired) electrons.